The first-order valence-corrected chi connectivity index (χ1v) is 6.60. The van der Waals surface area contributed by atoms with E-state index >= 15 is 0 Å². The normalized spacial score (nSPS) is 11.7. The van der Waals surface area contributed by atoms with Crippen molar-refractivity contribution < 1.29 is 4.79 Å². The molecule has 0 unspecified atom stereocenters. The highest BCUT2D eigenvalue weighted by Crippen LogP contribution is 2.17. The molecule has 102 valence electrons. The van der Waals surface area contributed by atoms with Crippen LogP contribution in [-0.4, -0.2) is 28.2 Å². The highest BCUT2D eigenvalue weighted by molar-refractivity contribution is 5.98. The maximum absolute atomic E-state index is 12.3. The van der Waals surface area contributed by atoms with Gasteiger partial charge in [0.15, 0.2) is 0 Å². The Labute approximate surface area is 112 Å². The maximum atomic E-state index is 12.3. The second kappa shape index (κ2) is 5.40. The lowest BCUT2D eigenvalue weighted by molar-refractivity contribution is 0.0895. The topological polar surface area (TPSA) is 83.8 Å². The van der Waals surface area contributed by atoms with Gasteiger partial charge in [-0.1, -0.05) is 19.9 Å². The summed E-state index contributed by atoms with van der Waals surface area (Å²) in [4.78, 5) is 12.3. The lowest BCUT2D eigenvalue weighted by atomic mass is 9.92. The second-order valence-corrected chi connectivity index (χ2v) is 4.82. The quantitative estimate of drug-likeness (QED) is 0.766. The first-order chi connectivity index (χ1) is 9.14. The van der Waals surface area contributed by atoms with E-state index in [9.17, 15) is 4.79 Å². The molecule has 0 saturated heterocycles. The van der Waals surface area contributed by atoms with E-state index in [-0.39, 0.29) is 11.4 Å². The van der Waals surface area contributed by atoms with Crippen LogP contribution >= 0.6 is 0 Å². The molecule has 0 spiro atoms. The van der Waals surface area contributed by atoms with Gasteiger partial charge in [0.2, 0.25) is 0 Å². The van der Waals surface area contributed by atoms with Crippen LogP contribution in [0.4, 0.5) is 0 Å². The average Bonchev–Trinajstić information content (AvgIpc) is 2.92. The average molecular weight is 260 g/mol. The molecule has 2 rings (SSSR count). The Kier molecular flexibility index (Phi) is 3.85. The van der Waals surface area contributed by atoms with Gasteiger partial charge in [-0.15, -0.1) is 0 Å². The van der Waals surface area contributed by atoms with Crippen molar-refractivity contribution in [3.63, 3.8) is 0 Å². The van der Waals surface area contributed by atoms with Gasteiger partial charge < -0.3 is 11.1 Å². The minimum Gasteiger partial charge on any atom is -0.345 e. The van der Waals surface area contributed by atoms with Crippen LogP contribution in [0.2, 0.25) is 0 Å². The number of benzene rings is 1. The largest absolute Gasteiger partial charge is 0.345 e. The van der Waals surface area contributed by atoms with E-state index in [2.05, 4.69) is 15.5 Å². The van der Waals surface area contributed by atoms with E-state index < -0.39 is 0 Å². The minimum atomic E-state index is -0.319. The molecule has 0 aliphatic carbocycles. The minimum absolute atomic E-state index is 0.0920. The van der Waals surface area contributed by atoms with Crippen LogP contribution in [0.25, 0.3) is 10.9 Å². The number of carbonyl (C=O) groups excluding carboxylic acids is 1. The number of nitrogens with zero attached hydrogens (tertiary/aromatic N) is 1. The number of hydrogen-bond acceptors (Lipinski definition) is 3. The standard InChI is InChI=1S/C14H20N4O/c1-3-14(4-2,9-15)17-13(19)10-5-6-11-8-16-18-12(11)7-10/h5-8H,3-4,9,15H2,1-2H3,(H,16,18)(H,17,19). The summed E-state index contributed by atoms with van der Waals surface area (Å²) in [5.74, 6) is -0.0920. The second-order valence-electron chi connectivity index (χ2n) is 4.82. The molecule has 2 aromatic rings. The van der Waals surface area contributed by atoms with Gasteiger partial charge >= 0.3 is 0 Å². The Balaban J connectivity index is 2.23. The van der Waals surface area contributed by atoms with Crippen molar-refractivity contribution in [3.05, 3.63) is 30.0 Å². The Morgan fingerprint density at radius 3 is 2.79 bits per heavy atom. The fraction of sp³-hybridized carbons (Fsp3) is 0.429. The van der Waals surface area contributed by atoms with Crippen LogP contribution in [0.15, 0.2) is 24.4 Å². The molecule has 1 heterocycles. The summed E-state index contributed by atoms with van der Waals surface area (Å²) in [6, 6.07) is 5.50. The van der Waals surface area contributed by atoms with E-state index in [1.54, 1.807) is 12.3 Å². The molecule has 0 bridgehead atoms. The van der Waals surface area contributed by atoms with Gasteiger partial charge in [-0.2, -0.15) is 5.10 Å². The third kappa shape index (κ3) is 2.61. The maximum Gasteiger partial charge on any atom is 0.251 e. The fourth-order valence-corrected chi connectivity index (χ4v) is 2.16. The highest BCUT2D eigenvalue weighted by atomic mass is 16.1. The number of amides is 1. The Hall–Kier alpha value is -1.88. The van der Waals surface area contributed by atoms with Crippen LogP contribution in [0.1, 0.15) is 37.0 Å². The summed E-state index contributed by atoms with van der Waals surface area (Å²) < 4.78 is 0. The van der Waals surface area contributed by atoms with Crippen molar-refractivity contribution in [1.82, 2.24) is 15.5 Å². The molecular weight excluding hydrogens is 240 g/mol. The van der Waals surface area contributed by atoms with Gasteiger partial charge in [0.25, 0.3) is 5.91 Å². The summed E-state index contributed by atoms with van der Waals surface area (Å²) in [5, 5.41) is 10.9. The van der Waals surface area contributed by atoms with Crippen molar-refractivity contribution in [2.24, 2.45) is 5.73 Å². The van der Waals surface area contributed by atoms with E-state index in [0.717, 1.165) is 23.7 Å². The van der Waals surface area contributed by atoms with Crippen LogP contribution in [0, 0.1) is 0 Å². The van der Waals surface area contributed by atoms with Crippen molar-refractivity contribution >= 4 is 16.8 Å². The van der Waals surface area contributed by atoms with E-state index in [4.69, 9.17) is 5.73 Å². The zero-order valence-corrected chi connectivity index (χ0v) is 11.4. The smallest absolute Gasteiger partial charge is 0.251 e. The molecule has 0 saturated carbocycles. The molecular formula is C14H20N4O. The van der Waals surface area contributed by atoms with Gasteiger partial charge in [0.05, 0.1) is 17.3 Å². The lowest BCUT2D eigenvalue weighted by Gasteiger charge is -2.31. The number of H-pyrrole nitrogens is 1. The molecule has 0 radical (unpaired) electrons. The zero-order chi connectivity index (χ0) is 13.9. The lowest BCUT2D eigenvalue weighted by Crippen LogP contribution is -2.52. The number of nitrogens with two attached hydrogens (primary N) is 1. The van der Waals surface area contributed by atoms with Crippen molar-refractivity contribution in [2.75, 3.05) is 6.54 Å². The zero-order valence-electron chi connectivity index (χ0n) is 11.4. The molecule has 19 heavy (non-hydrogen) atoms. The number of aromatic nitrogens is 2. The fourth-order valence-electron chi connectivity index (χ4n) is 2.16. The Morgan fingerprint density at radius 2 is 2.16 bits per heavy atom. The van der Waals surface area contributed by atoms with E-state index in [1.165, 1.54) is 0 Å². The first-order valence-electron chi connectivity index (χ1n) is 6.60. The third-order valence-electron chi connectivity index (χ3n) is 3.83. The molecule has 1 aromatic heterocycles. The molecule has 0 aliphatic rings. The van der Waals surface area contributed by atoms with Crippen molar-refractivity contribution in [2.45, 2.75) is 32.2 Å². The van der Waals surface area contributed by atoms with Crippen molar-refractivity contribution in [1.29, 1.82) is 0 Å². The Morgan fingerprint density at radius 1 is 1.42 bits per heavy atom. The molecule has 4 N–H and O–H groups in total. The molecule has 5 heteroatoms. The summed E-state index contributed by atoms with van der Waals surface area (Å²) >= 11 is 0. The predicted molar refractivity (Wildman–Crippen MR) is 75.9 cm³/mol. The predicted octanol–water partition coefficient (Wildman–Crippen LogP) is 1.81. The number of carbonyl (C=O) groups is 1. The number of aromatic amines is 1. The van der Waals surface area contributed by atoms with Crippen LogP contribution in [0.5, 0.6) is 0 Å². The molecule has 1 aromatic carbocycles. The summed E-state index contributed by atoms with van der Waals surface area (Å²) in [5.41, 5.74) is 6.96. The SMILES string of the molecule is CCC(CC)(CN)NC(=O)c1ccc2cn[nH]c2c1. The number of hydrogen-bond donors (Lipinski definition) is 3. The van der Waals surface area contributed by atoms with Crippen LogP contribution in [0.3, 0.4) is 0 Å². The molecule has 0 aliphatic heterocycles. The number of nitrogens with one attached hydrogen (secondary N) is 2. The highest BCUT2D eigenvalue weighted by Gasteiger charge is 2.26. The van der Waals surface area contributed by atoms with Crippen LogP contribution in [-0.2, 0) is 0 Å². The van der Waals surface area contributed by atoms with Gasteiger partial charge in [0, 0.05) is 17.5 Å². The Bertz CT molecular complexity index is 563. The third-order valence-corrected chi connectivity index (χ3v) is 3.83. The van der Waals surface area contributed by atoms with Crippen LogP contribution < -0.4 is 11.1 Å². The summed E-state index contributed by atoms with van der Waals surface area (Å²) in [7, 11) is 0. The molecule has 5 nitrogen and oxygen atoms in total. The summed E-state index contributed by atoms with van der Waals surface area (Å²) in [6.45, 7) is 4.52. The summed E-state index contributed by atoms with van der Waals surface area (Å²) in [6.07, 6.45) is 3.37. The van der Waals surface area contributed by atoms with Gasteiger partial charge in [-0.05, 0) is 25.0 Å². The van der Waals surface area contributed by atoms with E-state index in [1.807, 2.05) is 26.0 Å². The molecule has 1 amide bonds. The molecule has 0 atom stereocenters. The first kappa shape index (κ1) is 13.5. The van der Waals surface area contributed by atoms with Gasteiger partial charge in [0.1, 0.15) is 0 Å². The molecule has 0 fully saturated rings. The van der Waals surface area contributed by atoms with Crippen molar-refractivity contribution in [3.8, 4) is 0 Å². The number of fused-ring (bicyclic) bond motifs is 1. The monoisotopic (exact) mass is 260 g/mol. The van der Waals surface area contributed by atoms with E-state index in [0.29, 0.717) is 12.1 Å². The number of rotatable bonds is 5. The van der Waals surface area contributed by atoms with Gasteiger partial charge in [-0.25, -0.2) is 0 Å². The van der Waals surface area contributed by atoms with Gasteiger partial charge in [-0.3, -0.25) is 9.89 Å².